The standard InChI is InChI=1S/C33H43ClN4O6/c1-37(21-24-11-8-13-26(34)19-24)33(42)36-28(20-23-9-4-3-5-10-23)31(40)35-27(32(41)43-2)15-16-30(39)38-17-18-44-29-14-7-6-12-25(29)22-38/h6-8,11-14,19,23,27-28H,3-5,9-10,15-18,20-22H2,1-2H3,(H,35,40)(H,36,42). The second-order valence-corrected chi connectivity index (χ2v) is 12.1. The molecular weight excluding hydrogens is 584 g/mol. The predicted molar refractivity (Wildman–Crippen MR) is 167 cm³/mol. The summed E-state index contributed by atoms with van der Waals surface area (Å²) in [5.74, 6) is -0.226. The van der Waals surface area contributed by atoms with Gasteiger partial charge in [-0.2, -0.15) is 0 Å². The molecule has 11 heteroatoms. The van der Waals surface area contributed by atoms with E-state index in [4.69, 9.17) is 21.1 Å². The van der Waals surface area contributed by atoms with Crippen LogP contribution in [0.4, 0.5) is 4.79 Å². The number of carbonyl (C=O) groups is 4. The van der Waals surface area contributed by atoms with Crippen LogP contribution in [0.2, 0.25) is 5.02 Å². The highest BCUT2D eigenvalue weighted by Crippen LogP contribution is 2.28. The smallest absolute Gasteiger partial charge is 0.328 e. The van der Waals surface area contributed by atoms with Gasteiger partial charge in [-0.05, 0) is 42.5 Å². The number of fused-ring (bicyclic) bond motifs is 1. The third-order valence-electron chi connectivity index (χ3n) is 8.32. The van der Waals surface area contributed by atoms with E-state index in [0.717, 1.165) is 49.0 Å². The summed E-state index contributed by atoms with van der Waals surface area (Å²) in [6.07, 6.45) is 5.85. The van der Waals surface area contributed by atoms with Gasteiger partial charge in [0, 0.05) is 37.1 Å². The van der Waals surface area contributed by atoms with Gasteiger partial charge in [-0.1, -0.05) is 74.0 Å². The first-order chi connectivity index (χ1) is 21.2. The molecule has 1 heterocycles. The van der Waals surface area contributed by atoms with Gasteiger partial charge in [-0.3, -0.25) is 9.59 Å². The summed E-state index contributed by atoms with van der Waals surface area (Å²) in [6.45, 7) is 1.50. The molecule has 0 spiro atoms. The van der Waals surface area contributed by atoms with Crippen LogP contribution >= 0.6 is 11.6 Å². The van der Waals surface area contributed by atoms with E-state index in [9.17, 15) is 19.2 Å². The highest BCUT2D eigenvalue weighted by Gasteiger charge is 2.31. The maximum Gasteiger partial charge on any atom is 0.328 e. The normalized spacial score (nSPS) is 16.4. The number of esters is 1. The molecule has 0 radical (unpaired) electrons. The Labute approximate surface area is 264 Å². The summed E-state index contributed by atoms with van der Waals surface area (Å²) in [5, 5.41) is 6.26. The molecule has 2 aliphatic rings. The molecule has 1 saturated carbocycles. The maximum absolute atomic E-state index is 13.7. The van der Waals surface area contributed by atoms with E-state index >= 15 is 0 Å². The fourth-order valence-corrected chi connectivity index (χ4v) is 6.07. The average Bonchev–Trinajstić information content (AvgIpc) is 3.25. The first kappa shape index (κ1) is 33.1. The van der Waals surface area contributed by atoms with E-state index in [2.05, 4.69) is 10.6 Å². The Morgan fingerprint density at radius 3 is 2.57 bits per heavy atom. The lowest BCUT2D eigenvalue weighted by Crippen LogP contribution is -2.54. The van der Waals surface area contributed by atoms with Crippen LogP contribution in [0.1, 0.15) is 62.5 Å². The maximum atomic E-state index is 13.7. The number of urea groups is 1. The van der Waals surface area contributed by atoms with Crippen LogP contribution in [0.5, 0.6) is 5.75 Å². The third-order valence-corrected chi connectivity index (χ3v) is 8.55. The zero-order valence-electron chi connectivity index (χ0n) is 25.6. The fraction of sp³-hybridized carbons (Fsp3) is 0.515. The summed E-state index contributed by atoms with van der Waals surface area (Å²) >= 11 is 6.11. The van der Waals surface area contributed by atoms with Gasteiger partial charge in [0.1, 0.15) is 24.4 Å². The molecule has 2 aromatic carbocycles. The molecule has 1 fully saturated rings. The molecule has 4 rings (SSSR count). The molecule has 1 aliphatic heterocycles. The number of methoxy groups -OCH3 is 1. The molecule has 2 atom stereocenters. The lowest BCUT2D eigenvalue weighted by atomic mass is 9.84. The Bertz CT molecular complexity index is 1300. The van der Waals surface area contributed by atoms with E-state index in [1.54, 1.807) is 24.1 Å². The lowest BCUT2D eigenvalue weighted by molar-refractivity contribution is -0.146. The topological polar surface area (TPSA) is 117 Å². The lowest BCUT2D eigenvalue weighted by Gasteiger charge is -2.29. The second kappa shape index (κ2) is 16.3. The zero-order chi connectivity index (χ0) is 31.5. The van der Waals surface area contributed by atoms with E-state index in [-0.39, 0.29) is 24.7 Å². The first-order valence-electron chi connectivity index (χ1n) is 15.4. The molecule has 1 aliphatic carbocycles. The van der Waals surface area contributed by atoms with Crippen LogP contribution in [-0.2, 0) is 32.2 Å². The van der Waals surface area contributed by atoms with E-state index < -0.39 is 30.0 Å². The highest BCUT2D eigenvalue weighted by molar-refractivity contribution is 6.30. The molecule has 10 nitrogen and oxygen atoms in total. The number of nitrogens with one attached hydrogen (secondary N) is 2. The largest absolute Gasteiger partial charge is 0.491 e. The van der Waals surface area contributed by atoms with Gasteiger partial charge in [-0.25, -0.2) is 9.59 Å². The van der Waals surface area contributed by atoms with Crippen LogP contribution < -0.4 is 15.4 Å². The van der Waals surface area contributed by atoms with E-state index in [0.29, 0.717) is 37.7 Å². The van der Waals surface area contributed by atoms with Crippen molar-refractivity contribution in [3.63, 3.8) is 0 Å². The molecule has 2 N–H and O–H groups in total. The second-order valence-electron chi connectivity index (χ2n) is 11.6. The van der Waals surface area contributed by atoms with Crippen molar-refractivity contribution in [2.24, 2.45) is 5.92 Å². The zero-order valence-corrected chi connectivity index (χ0v) is 26.3. The van der Waals surface area contributed by atoms with E-state index in [1.165, 1.54) is 12.0 Å². The number of benzene rings is 2. The molecule has 238 valence electrons. The monoisotopic (exact) mass is 626 g/mol. The van der Waals surface area contributed by atoms with Gasteiger partial charge in [0.25, 0.3) is 0 Å². The van der Waals surface area contributed by atoms with Crippen LogP contribution in [-0.4, -0.2) is 73.0 Å². The van der Waals surface area contributed by atoms with Crippen molar-refractivity contribution < 1.29 is 28.7 Å². The summed E-state index contributed by atoms with van der Waals surface area (Å²) in [5.41, 5.74) is 1.77. The minimum atomic E-state index is -1.04. The Hall–Kier alpha value is -3.79. The molecular formula is C33H43ClN4O6. The van der Waals surface area contributed by atoms with E-state index in [1.807, 2.05) is 36.4 Å². The van der Waals surface area contributed by atoms with Gasteiger partial charge in [-0.15, -0.1) is 0 Å². The van der Waals surface area contributed by atoms with Gasteiger partial charge in [0.05, 0.1) is 13.7 Å². The van der Waals surface area contributed by atoms with Crippen LogP contribution in [0.3, 0.4) is 0 Å². The molecule has 0 bridgehead atoms. The van der Waals surface area contributed by atoms with Crippen LogP contribution in [0.15, 0.2) is 48.5 Å². The fourth-order valence-electron chi connectivity index (χ4n) is 5.86. The van der Waals surface area contributed by atoms with Crippen LogP contribution in [0, 0.1) is 5.92 Å². The van der Waals surface area contributed by atoms with Gasteiger partial charge >= 0.3 is 12.0 Å². The van der Waals surface area contributed by atoms with Crippen molar-refractivity contribution >= 4 is 35.4 Å². The number of rotatable bonds is 11. The molecule has 2 aromatic rings. The van der Waals surface area contributed by atoms with Crippen molar-refractivity contribution in [2.45, 2.75) is 76.5 Å². The molecule has 2 unspecified atom stereocenters. The van der Waals surface area contributed by atoms with Crippen molar-refractivity contribution in [1.29, 1.82) is 0 Å². The molecule has 4 amide bonds. The van der Waals surface area contributed by atoms with Crippen molar-refractivity contribution in [3.8, 4) is 5.75 Å². The minimum Gasteiger partial charge on any atom is -0.491 e. The Morgan fingerprint density at radius 1 is 1.05 bits per heavy atom. The van der Waals surface area contributed by atoms with Crippen molar-refractivity contribution in [2.75, 3.05) is 27.3 Å². The predicted octanol–water partition coefficient (Wildman–Crippen LogP) is 4.68. The SMILES string of the molecule is COC(=O)C(CCC(=O)N1CCOc2ccccc2C1)NC(=O)C(CC1CCCCC1)NC(=O)N(C)Cc1cccc(Cl)c1. The number of hydrogen-bond acceptors (Lipinski definition) is 6. The Kier molecular flexibility index (Phi) is 12.3. The first-order valence-corrected chi connectivity index (χ1v) is 15.7. The Balaban J connectivity index is 1.40. The number of amides is 4. The molecule has 0 saturated heterocycles. The third kappa shape index (κ3) is 9.61. The number of ether oxygens (including phenoxy) is 2. The van der Waals surface area contributed by atoms with Gasteiger partial charge < -0.3 is 29.9 Å². The van der Waals surface area contributed by atoms with Gasteiger partial charge in [0.2, 0.25) is 11.8 Å². The van der Waals surface area contributed by atoms with Crippen molar-refractivity contribution in [1.82, 2.24) is 20.4 Å². The molecule has 44 heavy (non-hydrogen) atoms. The van der Waals surface area contributed by atoms with Crippen LogP contribution in [0.25, 0.3) is 0 Å². The number of nitrogens with zero attached hydrogens (tertiary/aromatic N) is 2. The summed E-state index contributed by atoms with van der Waals surface area (Å²) < 4.78 is 10.7. The number of hydrogen-bond donors (Lipinski definition) is 2. The number of carbonyl (C=O) groups excluding carboxylic acids is 4. The Morgan fingerprint density at radius 2 is 1.82 bits per heavy atom. The summed E-state index contributed by atoms with van der Waals surface area (Å²) in [7, 11) is 2.90. The quantitative estimate of drug-likeness (QED) is 0.350. The number of para-hydroxylation sites is 1. The number of halogens is 1. The summed E-state index contributed by atoms with van der Waals surface area (Å²) in [4.78, 5) is 56.0. The highest BCUT2D eigenvalue weighted by atomic mass is 35.5. The average molecular weight is 627 g/mol. The molecule has 0 aromatic heterocycles. The summed E-state index contributed by atoms with van der Waals surface area (Å²) in [6, 6.07) is 12.5. The van der Waals surface area contributed by atoms with Gasteiger partial charge in [0.15, 0.2) is 0 Å². The van der Waals surface area contributed by atoms with Crippen molar-refractivity contribution in [3.05, 3.63) is 64.7 Å². The minimum absolute atomic E-state index is 0.0320.